The molecule has 0 N–H and O–H groups in total. The van der Waals surface area contributed by atoms with Gasteiger partial charge in [-0.05, 0) is 78.4 Å². The minimum Gasteiger partial charge on any atom is -0.206 e. The summed E-state index contributed by atoms with van der Waals surface area (Å²) in [6.45, 7) is 2.11. The first-order valence-electron chi connectivity index (χ1n) is 17.5. The molecule has 0 saturated heterocycles. The molecule has 4 aromatic carbocycles. The molecule has 318 valence electrons. The van der Waals surface area contributed by atoms with Crippen molar-refractivity contribution < 1.29 is 65.2 Å². The second-order valence-corrected chi connectivity index (χ2v) is 18.5. The number of unbranched alkanes of at least 4 members (excludes halogenated alkanes) is 6. The van der Waals surface area contributed by atoms with Crippen LogP contribution in [0.2, 0.25) is 0 Å². The lowest BCUT2D eigenvalue weighted by molar-refractivity contribution is 0.341. The molecule has 0 unspecified atom stereocenters. The van der Waals surface area contributed by atoms with Crippen molar-refractivity contribution in [2.45, 2.75) is 80.9 Å². The van der Waals surface area contributed by atoms with Crippen molar-refractivity contribution in [2.24, 2.45) is 5.92 Å². The zero-order valence-electron chi connectivity index (χ0n) is 30.3. The Bertz CT molecular complexity index is 2100. The molecule has 0 radical (unpaired) electrons. The van der Waals surface area contributed by atoms with Crippen LogP contribution in [-0.4, -0.2) is 0 Å². The van der Waals surface area contributed by atoms with Crippen LogP contribution in [0.15, 0.2) is 70.5 Å². The monoisotopic (exact) mass is 882 g/mol. The molecule has 0 atom stereocenters. The summed E-state index contributed by atoms with van der Waals surface area (Å²) in [4.78, 5) is -6.58. The Balaban J connectivity index is 1.14. The lowest BCUT2D eigenvalue weighted by Gasteiger charge is -2.40. The second-order valence-electron chi connectivity index (χ2n) is 13.8. The molecule has 0 amide bonds. The van der Waals surface area contributed by atoms with Crippen LogP contribution < -0.4 is 0 Å². The molecule has 4 aromatic rings. The van der Waals surface area contributed by atoms with Gasteiger partial charge in [0.15, 0.2) is 9.79 Å². The molecular weight excluding hydrogens is 849 g/mol. The number of hydrogen-bond acceptors (Lipinski definition) is 0. The van der Waals surface area contributed by atoms with E-state index in [-0.39, 0.29) is 35.4 Å². The Morgan fingerprint density at radius 3 is 1.05 bits per heavy atom. The quantitative estimate of drug-likeness (QED) is 0.0672. The lowest BCUT2D eigenvalue weighted by Crippen LogP contribution is -2.11. The second kappa shape index (κ2) is 15.6. The summed E-state index contributed by atoms with van der Waals surface area (Å²) in [6.07, 6.45) is 7.98. The van der Waals surface area contributed by atoms with E-state index in [4.69, 9.17) is 0 Å². The zero-order chi connectivity index (χ0) is 43.4. The highest BCUT2D eigenvalue weighted by Gasteiger charge is 2.69. The minimum absolute atomic E-state index is 0.00463. The first-order chi connectivity index (χ1) is 26.4. The van der Waals surface area contributed by atoms with E-state index in [2.05, 4.69) is 30.6 Å². The maximum Gasteiger partial charge on any atom is 0.315 e. The Morgan fingerprint density at radius 2 is 0.759 bits per heavy atom. The summed E-state index contributed by atoms with van der Waals surface area (Å²) in [5, 5.41) is 0. The van der Waals surface area contributed by atoms with Crippen LogP contribution in [-0.2, 0) is 0 Å². The highest BCUT2D eigenvalue weighted by Crippen LogP contribution is 3.03. The van der Waals surface area contributed by atoms with Crippen LogP contribution in [0, 0.1) is 64.5 Å². The molecule has 0 aromatic heterocycles. The van der Waals surface area contributed by atoms with Crippen molar-refractivity contribution >= 4 is 20.4 Å². The highest BCUT2D eigenvalue weighted by molar-refractivity contribution is 8.46. The van der Waals surface area contributed by atoms with Crippen molar-refractivity contribution in [3.63, 3.8) is 0 Å². The van der Waals surface area contributed by atoms with E-state index in [0.29, 0.717) is 18.8 Å². The van der Waals surface area contributed by atoms with E-state index < -0.39 is 87.4 Å². The Hall–Kier alpha value is -4.42. The molecule has 4 rings (SSSR count). The van der Waals surface area contributed by atoms with Gasteiger partial charge in [-0.2, -0.15) is 0 Å². The molecular formula is C40H34F16S2. The van der Waals surface area contributed by atoms with Gasteiger partial charge < -0.3 is 0 Å². The summed E-state index contributed by atoms with van der Waals surface area (Å²) in [5.41, 5.74) is -2.04. The van der Waals surface area contributed by atoms with Gasteiger partial charge in [-0.3, -0.25) is 0 Å². The van der Waals surface area contributed by atoms with Crippen LogP contribution in [0.3, 0.4) is 0 Å². The minimum atomic E-state index is -10.7. The molecule has 0 fully saturated rings. The van der Waals surface area contributed by atoms with Gasteiger partial charge in [-0.15, -0.1) is 0 Å². The fourth-order valence-electron chi connectivity index (χ4n) is 6.06. The van der Waals surface area contributed by atoms with Crippen molar-refractivity contribution in [1.29, 1.82) is 0 Å². The fraction of sp³-hybridized carbons (Fsp3) is 0.300. The van der Waals surface area contributed by atoms with E-state index in [9.17, 15) is 65.2 Å². The summed E-state index contributed by atoms with van der Waals surface area (Å²) in [5.74, 6) is -0.744. The van der Waals surface area contributed by atoms with Gasteiger partial charge in [0.1, 0.15) is 34.9 Å². The standard InChI is InChI=1S/C40H34F16S2/c1-26(12-8-4-2-6-10-14-27-16-18-31(33(41)20-27)29-22-35(43)39(36(44)23-29)57(47,48,49,50)51)13-9-5-3-7-11-15-28-17-19-32(34(42)21-28)30-24-37(45)40(38(46)25-30)58(52,53,54,55)56/h16-26H,2-9,12-13H2,1H3. The van der Waals surface area contributed by atoms with Crippen molar-refractivity contribution in [3.8, 4) is 45.9 Å². The van der Waals surface area contributed by atoms with Crippen molar-refractivity contribution in [2.75, 3.05) is 0 Å². The smallest absolute Gasteiger partial charge is 0.206 e. The molecule has 58 heavy (non-hydrogen) atoms. The first kappa shape index (κ1) is 46.3. The zero-order valence-corrected chi connectivity index (χ0v) is 31.9. The van der Waals surface area contributed by atoms with Crippen LogP contribution >= 0.6 is 20.4 Å². The maximum atomic E-state index is 14.7. The third kappa shape index (κ3) is 12.8. The van der Waals surface area contributed by atoms with Gasteiger partial charge in [0.05, 0.1) is 0 Å². The van der Waals surface area contributed by atoms with Crippen LogP contribution in [0.5, 0.6) is 0 Å². The van der Waals surface area contributed by atoms with Gasteiger partial charge in [0, 0.05) is 35.1 Å². The summed E-state index contributed by atoms with van der Waals surface area (Å²) in [6, 6.07) is 6.41. The Morgan fingerprint density at radius 1 is 0.431 bits per heavy atom. The number of benzene rings is 4. The lowest BCUT2D eigenvalue weighted by atomic mass is 9.96. The van der Waals surface area contributed by atoms with E-state index in [1.54, 1.807) is 0 Å². The molecule has 0 heterocycles. The van der Waals surface area contributed by atoms with Crippen molar-refractivity contribution in [3.05, 3.63) is 107 Å². The maximum absolute atomic E-state index is 14.7. The van der Waals surface area contributed by atoms with Gasteiger partial charge in [0.25, 0.3) is 0 Å². The SMILES string of the molecule is CC(CCCCCC#Cc1ccc(-c2cc(F)c(S(F)(F)(F)(F)F)c(F)c2)c(F)c1)CCCCCC#Cc1ccc(-c2cc(F)c(S(F)(F)(F)(F)F)c(F)c2)c(F)c1. The molecule has 0 bridgehead atoms. The summed E-state index contributed by atoms with van der Waals surface area (Å²) >= 11 is 0. The predicted molar refractivity (Wildman–Crippen MR) is 195 cm³/mol. The fourth-order valence-corrected chi connectivity index (χ4v) is 7.77. The van der Waals surface area contributed by atoms with Gasteiger partial charge in [-0.1, -0.05) is 120 Å². The molecule has 0 aliphatic rings. The molecule has 0 aliphatic heterocycles. The summed E-state index contributed by atoms with van der Waals surface area (Å²) < 4.78 is 215. The molecule has 0 saturated carbocycles. The normalized spacial score (nSPS) is 14.8. The molecule has 0 aliphatic carbocycles. The van der Waals surface area contributed by atoms with E-state index >= 15 is 0 Å². The van der Waals surface area contributed by atoms with Crippen LogP contribution in [0.1, 0.15) is 82.3 Å². The van der Waals surface area contributed by atoms with E-state index in [0.717, 1.165) is 75.6 Å². The first-order valence-corrected chi connectivity index (χ1v) is 21.4. The number of rotatable bonds is 14. The van der Waals surface area contributed by atoms with E-state index in [1.165, 1.54) is 12.1 Å². The third-order valence-corrected chi connectivity index (χ3v) is 11.1. The molecule has 18 heteroatoms. The van der Waals surface area contributed by atoms with Crippen molar-refractivity contribution in [1.82, 2.24) is 0 Å². The summed E-state index contributed by atoms with van der Waals surface area (Å²) in [7, 11) is -21.3. The topological polar surface area (TPSA) is 0 Å². The molecule has 0 nitrogen and oxygen atoms in total. The largest absolute Gasteiger partial charge is 0.315 e. The van der Waals surface area contributed by atoms with Gasteiger partial charge in [-0.25, -0.2) is 26.3 Å². The van der Waals surface area contributed by atoms with Gasteiger partial charge >= 0.3 is 20.4 Å². The third-order valence-electron chi connectivity index (χ3n) is 8.79. The predicted octanol–water partition coefficient (Wildman–Crippen LogP) is 17.1. The molecule has 0 spiro atoms. The number of halogens is 16. The van der Waals surface area contributed by atoms with Gasteiger partial charge in [0.2, 0.25) is 0 Å². The highest BCUT2D eigenvalue weighted by atomic mass is 32.5. The van der Waals surface area contributed by atoms with E-state index in [1.807, 2.05) is 0 Å². The van der Waals surface area contributed by atoms with Crippen LogP contribution in [0.25, 0.3) is 22.3 Å². The average molecular weight is 883 g/mol. The Labute approximate surface area is 324 Å². The Kier molecular flexibility index (Phi) is 12.5. The number of hydrogen-bond donors (Lipinski definition) is 0. The van der Waals surface area contributed by atoms with Crippen LogP contribution in [0.4, 0.5) is 65.2 Å². The average Bonchev–Trinajstić information content (AvgIpc) is 3.04.